The second-order valence-corrected chi connectivity index (χ2v) is 5.61. The third kappa shape index (κ3) is 3.59. The maximum absolute atomic E-state index is 13.1. The second kappa shape index (κ2) is 6.91. The van der Waals surface area contributed by atoms with Crippen molar-refractivity contribution in [2.45, 2.75) is 13.0 Å². The molecule has 0 radical (unpaired) electrons. The van der Waals surface area contributed by atoms with E-state index in [4.69, 9.17) is 4.74 Å². The Morgan fingerprint density at radius 1 is 1.30 bits per heavy atom. The number of nitrogens with zero attached hydrogens (tertiary/aromatic N) is 4. The zero-order chi connectivity index (χ0) is 16.2. The van der Waals surface area contributed by atoms with Crippen molar-refractivity contribution in [3.63, 3.8) is 0 Å². The van der Waals surface area contributed by atoms with Gasteiger partial charge < -0.3 is 14.5 Å². The fourth-order valence-corrected chi connectivity index (χ4v) is 2.62. The SMILES string of the molecule is CCN(C)c1cc(N2CCOC(c3ccc(F)cc3)C2)ncn1. The van der Waals surface area contributed by atoms with E-state index in [9.17, 15) is 4.39 Å². The van der Waals surface area contributed by atoms with Crippen molar-refractivity contribution >= 4 is 11.6 Å². The van der Waals surface area contributed by atoms with Crippen LogP contribution in [0.25, 0.3) is 0 Å². The van der Waals surface area contributed by atoms with Gasteiger partial charge in [-0.15, -0.1) is 0 Å². The molecule has 122 valence electrons. The van der Waals surface area contributed by atoms with E-state index in [0.29, 0.717) is 13.2 Å². The monoisotopic (exact) mass is 316 g/mol. The Kier molecular flexibility index (Phi) is 4.71. The van der Waals surface area contributed by atoms with E-state index in [2.05, 4.69) is 26.7 Å². The minimum atomic E-state index is -0.232. The van der Waals surface area contributed by atoms with E-state index >= 15 is 0 Å². The van der Waals surface area contributed by atoms with E-state index < -0.39 is 0 Å². The molecule has 23 heavy (non-hydrogen) atoms. The Morgan fingerprint density at radius 3 is 2.83 bits per heavy atom. The lowest BCUT2D eigenvalue weighted by Gasteiger charge is -2.34. The molecule has 2 heterocycles. The Hall–Kier alpha value is -2.21. The summed E-state index contributed by atoms with van der Waals surface area (Å²) in [4.78, 5) is 13.0. The first-order valence-electron chi connectivity index (χ1n) is 7.82. The van der Waals surface area contributed by atoms with E-state index in [1.54, 1.807) is 18.5 Å². The lowest BCUT2D eigenvalue weighted by Crippen LogP contribution is -2.39. The smallest absolute Gasteiger partial charge is 0.134 e. The molecule has 1 fully saturated rings. The Labute approximate surface area is 135 Å². The van der Waals surface area contributed by atoms with Crippen molar-refractivity contribution in [1.82, 2.24) is 9.97 Å². The molecule has 3 rings (SSSR count). The molecule has 0 bridgehead atoms. The van der Waals surface area contributed by atoms with Crippen molar-refractivity contribution in [2.24, 2.45) is 0 Å². The van der Waals surface area contributed by atoms with Gasteiger partial charge in [0.1, 0.15) is 29.9 Å². The number of hydrogen-bond acceptors (Lipinski definition) is 5. The van der Waals surface area contributed by atoms with Crippen molar-refractivity contribution in [3.8, 4) is 0 Å². The molecule has 6 heteroatoms. The van der Waals surface area contributed by atoms with E-state index in [1.807, 2.05) is 13.1 Å². The standard InChI is InChI=1S/C17H21FN4O/c1-3-21(2)16-10-17(20-12-19-16)22-8-9-23-15(11-22)13-4-6-14(18)7-5-13/h4-7,10,12,15H,3,8-9,11H2,1-2H3. The highest BCUT2D eigenvalue weighted by atomic mass is 19.1. The minimum Gasteiger partial charge on any atom is -0.370 e. The number of halogens is 1. The van der Waals surface area contributed by atoms with Gasteiger partial charge in [-0.25, -0.2) is 14.4 Å². The van der Waals surface area contributed by atoms with Crippen molar-refractivity contribution < 1.29 is 9.13 Å². The van der Waals surface area contributed by atoms with Crippen LogP contribution in [0.2, 0.25) is 0 Å². The van der Waals surface area contributed by atoms with Crippen LogP contribution in [0.4, 0.5) is 16.0 Å². The molecule has 5 nitrogen and oxygen atoms in total. The lowest BCUT2D eigenvalue weighted by atomic mass is 10.1. The number of hydrogen-bond donors (Lipinski definition) is 0. The second-order valence-electron chi connectivity index (χ2n) is 5.61. The number of ether oxygens (including phenoxy) is 1. The summed E-state index contributed by atoms with van der Waals surface area (Å²) in [6.07, 6.45) is 1.52. The quantitative estimate of drug-likeness (QED) is 0.867. The highest BCUT2D eigenvalue weighted by Crippen LogP contribution is 2.26. The van der Waals surface area contributed by atoms with Gasteiger partial charge in [-0.05, 0) is 24.6 Å². The summed E-state index contributed by atoms with van der Waals surface area (Å²) < 4.78 is 18.9. The van der Waals surface area contributed by atoms with E-state index in [1.165, 1.54) is 12.1 Å². The van der Waals surface area contributed by atoms with Gasteiger partial charge in [0, 0.05) is 32.7 Å². The van der Waals surface area contributed by atoms with Crippen LogP contribution >= 0.6 is 0 Å². The summed E-state index contributed by atoms with van der Waals surface area (Å²) in [7, 11) is 2.01. The van der Waals surface area contributed by atoms with Crippen LogP contribution in [0.3, 0.4) is 0 Å². The topological polar surface area (TPSA) is 41.5 Å². The average Bonchev–Trinajstić information content (AvgIpc) is 2.62. The fourth-order valence-electron chi connectivity index (χ4n) is 2.62. The Balaban J connectivity index is 1.77. The summed E-state index contributed by atoms with van der Waals surface area (Å²) in [5.74, 6) is 1.57. The van der Waals surface area contributed by atoms with E-state index in [-0.39, 0.29) is 11.9 Å². The van der Waals surface area contributed by atoms with Gasteiger partial charge in [-0.1, -0.05) is 12.1 Å². The number of morpholine rings is 1. The molecule has 0 spiro atoms. The van der Waals surface area contributed by atoms with E-state index in [0.717, 1.165) is 30.3 Å². The maximum atomic E-state index is 13.1. The first-order valence-corrected chi connectivity index (χ1v) is 7.82. The fraction of sp³-hybridized carbons (Fsp3) is 0.412. The van der Waals surface area contributed by atoms with Crippen molar-refractivity contribution in [3.05, 3.63) is 48.0 Å². The van der Waals surface area contributed by atoms with Crippen LogP contribution in [0.1, 0.15) is 18.6 Å². The summed E-state index contributed by atoms with van der Waals surface area (Å²) >= 11 is 0. The Morgan fingerprint density at radius 2 is 2.09 bits per heavy atom. The summed E-state index contributed by atoms with van der Waals surface area (Å²) in [6.45, 7) is 5.06. The van der Waals surface area contributed by atoms with Crippen LogP contribution in [-0.2, 0) is 4.74 Å². The average molecular weight is 316 g/mol. The predicted molar refractivity (Wildman–Crippen MR) is 88.3 cm³/mol. The molecule has 1 atom stereocenters. The lowest BCUT2D eigenvalue weighted by molar-refractivity contribution is 0.0395. The Bertz CT molecular complexity index is 649. The van der Waals surface area contributed by atoms with Gasteiger partial charge in [0.2, 0.25) is 0 Å². The molecule has 1 aromatic heterocycles. The normalized spacial score (nSPS) is 18.0. The van der Waals surface area contributed by atoms with Crippen LogP contribution in [0.15, 0.2) is 36.7 Å². The molecule has 0 saturated carbocycles. The van der Waals surface area contributed by atoms with Crippen LogP contribution < -0.4 is 9.80 Å². The number of benzene rings is 1. The highest BCUT2D eigenvalue weighted by Gasteiger charge is 2.23. The number of anilines is 2. The van der Waals surface area contributed by atoms with Crippen LogP contribution in [-0.4, -0.2) is 43.3 Å². The minimum absolute atomic E-state index is 0.0772. The van der Waals surface area contributed by atoms with Gasteiger partial charge in [-0.2, -0.15) is 0 Å². The summed E-state index contributed by atoms with van der Waals surface area (Å²) in [5, 5.41) is 0. The zero-order valence-electron chi connectivity index (χ0n) is 13.4. The zero-order valence-corrected chi connectivity index (χ0v) is 13.4. The third-order valence-electron chi connectivity index (χ3n) is 4.14. The van der Waals surface area contributed by atoms with Crippen LogP contribution in [0, 0.1) is 5.82 Å². The largest absolute Gasteiger partial charge is 0.370 e. The first-order chi connectivity index (χ1) is 11.2. The maximum Gasteiger partial charge on any atom is 0.134 e. The first kappa shape index (κ1) is 15.7. The summed E-state index contributed by atoms with van der Waals surface area (Å²) in [6, 6.07) is 8.49. The van der Waals surface area contributed by atoms with Gasteiger partial charge in [-0.3, -0.25) is 0 Å². The highest BCUT2D eigenvalue weighted by molar-refractivity contribution is 5.50. The molecule has 1 aliphatic rings. The molecule has 0 amide bonds. The molecule has 1 aromatic carbocycles. The van der Waals surface area contributed by atoms with Crippen LogP contribution in [0.5, 0.6) is 0 Å². The van der Waals surface area contributed by atoms with Crippen molar-refractivity contribution in [2.75, 3.05) is 43.1 Å². The van der Waals surface area contributed by atoms with Crippen molar-refractivity contribution in [1.29, 1.82) is 0 Å². The van der Waals surface area contributed by atoms with Gasteiger partial charge >= 0.3 is 0 Å². The van der Waals surface area contributed by atoms with Gasteiger partial charge in [0.05, 0.1) is 6.61 Å². The molecule has 1 aliphatic heterocycles. The molecule has 1 unspecified atom stereocenters. The predicted octanol–water partition coefficient (Wildman–Crippen LogP) is 2.65. The molecule has 2 aromatic rings. The number of rotatable bonds is 4. The molecular formula is C17H21FN4O. The summed E-state index contributed by atoms with van der Waals surface area (Å²) in [5.41, 5.74) is 0.982. The van der Waals surface area contributed by atoms with Gasteiger partial charge in [0.15, 0.2) is 0 Å². The van der Waals surface area contributed by atoms with Gasteiger partial charge in [0.25, 0.3) is 0 Å². The molecule has 0 aliphatic carbocycles. The molecular weight excluding hydrogens is 295 g/mol. The molecule has 1 saturated heterocycles. The third-order valence-corrected chi connectivity index (χ3v) is 4.14. The molecule has 0 N–H and O–H groups in total. The number of aromatic nitrogens is 2.